The van der Waals surface area contributed by atoms with Gasteiger partial charge in [-0.3, -0.25) is 40.5 Å². The average molecular weight is 338 g/mol. The van der Waals surface area contributed by atoms with E-state index in [9.17, 15) is 40.5 Å². The molecule has 0 saturated heterocycles. The Morgan fingerprint density at radius 3 is 0.833 bits per heavy atom. The van der Waals surface area contributed by atoms with Gasteiger partial charge in [-0.05, 0) is 35.5 Å². The Kier molecular flexibility index (Phi) is 1.60. The van der Waals surface area contributed by atoms with Gasteiger partial charge in [0.1, 0.15) is 23.7 Å². The Balaban J connectivity index is 1.63. The highest BCUT2D eigenvalue weighted by Gasteiger charge is 3.09. The molecule has 7 fully saturated rings. The van der Waals surface area contributed by atoms with Crippen molar-refractivity contribution in [3.63, 3.8) is 0 Å². The molecule has 4 atom stereocenters. The molecule has 0 radical (unpaired) electrons. The van der Waals surface area contributed by atoms with Crippen molar-refractivity contribution in [1.82, 2.24) is 0 Å². The Labute approximate surface area is 131 Å². The van der Waals surface area contributed by atoms with E-state index in [0.717, 1.165) is 0 Å². The van der Waals surface area contributed by atoms with Crippen LogP contribution in [0.15, 0.2) is 0 Å². The maximum Gasteiger partial charge on any atom is 0.465 e. The molecule has 4 bridgehead atoms. The summed E-state index contributed by atoms with van der Waals surface area (Å²) in [5.74, 6) is -6.11. The van der Waals surface area contributed by atoms with Crippen molar-refractivity contribution in [1.29, 1.82) is 0 Å². The fourth-order valence-electron chi connectivity index (χ4n) is 9.04. The Morgan fingerprint density at radius 1 is 0.458 bits per heavy atom. The smallest absolute Gasteiger partial charge is 0.258 e. The second kappa shape index (κ2) is 2.97. The van der Waals surface area contributed by atoms with Crippen LogP contribution in [-0.2, 0) is 0 Å². The SMILES string of the molecule is O=[N+]([O-])C1([N+](=O)[O-])C2C3C4C5C3C3C2C(C41)C5C3([N+](=O)[O-])[N+](=O)[O-]. The molecule has 0 amide bonds. The Hall–Kier alpha value is -2.40. The highest BCUT2D eigenvalue weighted by molar-refractivity contribution is 5.41. The molecule has 7 saturated carbocycles. The van der Waals surface area contributed by atoms with Crippen LogP contribution < -0.4 is 0 Å². The number of hydrogen-bond acceptors (Lipinski definition) is 8. The van der Waals surface area contributed by atoms with Crippen molar-refractivity contribution in [3.05, 3.63) is 40.5 Å². The van der Waals surface area contributed by atoms with Crippen molar-refractivity contribution in [2.24, 2.45) is 59.2 Å². The number of nitrogens with zero attached hydrogens (tertiary/aromatic N) is 4. The molecule has 0 heterocycles. The van der Waals surface area contributed by atoms with E-state index in [1.165, 1.54) is 0 Å². The van der Waals surface area contributed by atoms with Gasteiger partial charge in [-0.25, -0.2) is 0 Å². The van der Waals surface area contributed by atoms with Gasteiger partial charge in [0.2, 0.25) is 0 Å². The minimum Gasteiger partial charge on any atom is -0.258 e. The van der Waals surface area contributed by atoms with Crippen LogP contribution in [0.3, 0.4) is 0 Å². The third-order valence-corrected chi connectivity index (χ3v) is 8.67. The van der Waals surface area contributed by atoms with E-state index in [1.807, 2.05) is 0 Å². The van der Waals surface area contributed by atoms with Gasteiger partial charge in [-0.1, -0.05) is 0 Å². The van der Waals surface area contributed by atoms with Crippen molar-refractivity contribution in [3.8, 4) is 0 Å². The minimum atomic E-state index is -2.29. The van der Waals surface area contributed by atoms with E-state index in [-0.39, 0.29) is 23.7 Å². The van der Waals surface area contributed by atoms with Crippen LogP contribution in [0.4, 0.5) is 0 Å². The first-order chi connectivity index (χ1) is 11.3. The van der Waals surface area contributed by atoms with Gasteiger partial charge < -0.3 is 0 Å². The van der Waals surface area contributed by atoms with Gasteiger partial charge in [0.05, 0.1) is 19.7 Å². The molecule has 0 spiro atoms. The monoisotopic (exact) mass is 338 g/mol. The molecule has 7 aliphatic carbocycles. The van der Waals surface area contributed by atoms with Crippen LogP contribution in [0.1, 0.15) is 0 Å². The molecule has 126 valence electrons. The molecule has 4 unspecified atom stereocenters. The molecular weight excluding hydrogens is 328 g/mol. The topological polar surface area (TPSA) is 173 Å². The van der Waals surface area contributed by atoms with Gasteiger partial charge in [0.25, 0.3) is 0 Å². The standard InChI is InChI=1S/C12H10N4O8/c17-13(18)11(14(19)20)7-1-2-4-3(1)9(11)6-5(7)8(2)12(10(4)6,15(21)22)16(23)24/h1-10H. The first kappa shape index (κ1) is 13.0. The largest absolute Gasteiger partial charge is 0.465 e. The van der Waals surface area contributed by atoms with Gasteiger partial charge in [0, 0.05) is 0 Å². The van der Waals surface area contributed by atoms with E-state index in [0.29, 0.717) is 0 Å². The van der Waals surface area contributed by atoms with E-state index in [4.69, 9.17) is 0 Å². The molecule has 0 aliphatic heterocycles. The molecule has 0 aromatic rings. The van der Waals surface area contributed by atoms with Crippen LogP contribution in [0, 0.1) is 99.6 Å². The van der Waals surface area contributed by atoms with Crippen molar-refractivity contribution in [2.75, 3.05) is 0 Å². The van der Waals surface area contributed by atoms with E-state index in [2.05, 4.69) is 0 Å². The molecule has 12 nitrogen and oxygen atoms in total. The molecular formula is C12H10N4O8. The third-order valence-electron chi connectivity index (χ3n) is 8.67. The van der Waals surface area contributed by atoms with Crippen LogP contribution in [0.2, 0.25) is 0 Å². The molecule has 0 N–H and O–H groups in total. The zero-order chi connectivity index (χ0) is 17.1. The van der Waals surface area contributed by atoms with E-state index in [1.54, 1.807) is 0 Å². The van der Waals surface area contributed by atoms with Crippen molar-refractivity contribution < 1.29 is 19.7 Å². The molecule has 0 aromatic heterocycles. The molecule has 24 heavy (non-hydrogen) atoms. The van der Waals surface area contributed by atoms with E-state index >= 15 is 0 Å². The summed E-state index contributed by atoms with van der Waals surface area (Å²) in [6.45, 7) is 0. The summed E-state index contributed by atoms with van der Waals surface area (Å²) in [5.41, 5.74) is -4.58. The Bertz CT molecular complexity index is 675. The molecule has 0 aromatic carbocycles. The fourth-order valence-corrected chi connectivity index (χ4v) is 9.04. The zero-order valence-electron chi connectivity index (χ0n) is 11.8. The zero-order valence-corrected chi connectivity index (χ0v) is 11.8. The first-order valence-electron chi connectivity index (χ1n) is 7.84. The second-order valence-electron chi connectivity index (χ2n) is 8.16. The van der Waals surface area contributed by atoms with Gasteiger partial charge >= 0.3 is 11.3 Å². The van der Waals surface area contributed by atoms with E-state index < -0.39 is 66.5 Å². The lowest BCUT2D eigenvalue weighted by molar-refractivity contribution is -0.817. The maximum atomic E-state index is 11.7. The second-order valence-corrected chi connectivity index (χ2v) is 8.16. The summed E-state index contributed by atoms with van der Waals surface area (Å²) in [6, 6.07) is 0. The molecule has 12 heteroatoms. The number of rotatable bonds is 4. The van der Waals surface area contributed by atoms with Crippen LogP contribution in [0.25, 0.3) is 0 Å². The predicted octanol–water partition coefficient (Wildman–Crippen LogP) is -0.271. The molecule has 7 rings (SSSR count). The Morgan fingerprint density at radius 2 is 0.667 bits per heavy atom. The summed E-state index contributed by atoms with van der Waals surface area (Å²) in [5, 5.41) is 46.9. The maximum absolute atomic E-state index is 11.7. The summed E-state index contributed by atoms with van der Waals surface area (Å²) in [7, 11) is 0. The lowest BCUT2D eigenvalue weighted by Gasteiger charge is -2.41. The summed E-state index contributed by atoms with van der Waals surface area (Å²) in [4.78, 5) is 43.6. The lowest BCUT2D eigenvalue weighted by atomic mass is 9.60. The fraction of sp³-hybridized carbons (Fsp3) is 1.00. The first-order valence-corrected chi connectivity index (χ1v) is 7.84. The summed E-state index contributed by atoms with van der Waals surface area (Å²) in [6.07, 6.45) is 0. The quantitative estimate of drug-likeness (QED) is 0.382. The normalized spacial score (nSPS) is 56.7. The molecule has 7 aliphatic rings. The third kappa shape index (κ3) is 0.712. The van der Waals surface area contributed by atoms with Crippen molar-refractivity contribution in [2.45, 2.75) is 11.3 Å². The average Bonchev–Trinajstić information content (AvgIpc) is 3.05. The van der Waals surface area contributed by atoms with Crippen molar-refractivity contribution >= 4 is 0 Å². The van der Waals surface area contributed by atoms with Crippen LogP contribution in [0.5, 0.6) is 0 Å². The van der Waals surface area contributed by atoms with Gasteiger partial charge in [-0.2, -0.15) is 0 Å². The highest BCUT2D eigenvalue weighted by Crippen LogP contribution is 2.95. The minimum absolute atomic E-state index is 0.325. The predicted molar refractivity (Wildman–Crippen MR) is 68.3 cm³/mol. The number of nitro groups is 4. The van der Waals surface area contributed by atoms with Crippen LogP contribution >= 0.6 is 0 Å². The summed E-state index contributed by atoms with van der Waals surface area (Å²) < 4.78 is 0. The van der Waals surface area contributed by atoms with Crippen LogP contribution in [-0.4, -0.2) is 31.0 Å². The number of hydrogen-bond donors (Lipinski definition) is 0. The lowest BCUT2D eigenvalue weighted by Crippen LogP contribution is -2.55. The highest BCUT2D eigenvalue weighted by atomic mass is 16.7. The van der Waals surface area contributed by atoms with Gasteiger partial charge in [-0.15, -0.1) is 0 Å². The summed E-state index contributed by atoms with van der Waals surface area (Å²) >= 11 is 0. The van der Waals surface area contributed by atoms with Gasteiger partial charge in [0.15, 0.2) is 0 Å².